The molecule has 3 N–H and O–H groups in total. The Bertz CT molecular complexity index is 772. The van der Waals surface area contributed by atoms with E-state index in [0.29, 0.717) is 13.0 Å². The van der Waals surface area contributed by atoms with Crippen LogP contribution in [0.1, 0.15) is 23.1 Å². The Labute approximate surface area is 155 Å². The fourth-order valence-electron chi connectivity index (χ4n) is 3.17. The number of fused-ring (bicyclic) bond motifs is 1. The monoisotopic (exact) mass is 353 g/mol. The molecule has 0 unspecified atom stereocenters. The molecule has 138 valence electrons. The minimum atomic E-state index is 0.0835. The first kappa shape index (κ1) is 18.3. The molecular formula is C21H27N3O2. The van der Waals surface area contributed by atoms with Crippen LogP contribution in [-0.4, -0.2) is 37.6 Å². The van der Waals surface area contributed by atoms with E-state index >= 15 is 0 Å². The van der Waals surface area contributed by atoms with E-state index < -0.39 is 0 Å². The highest BCUT2D eigenvalue weighted by molar-refractivity contribution is 5.95. The Morgan fingerprint density at radius 3 is 2.65 bits per heavy atom. The summed E-state index contributed by atoms with van der Waals surface area (Å²) in [4.78, 5) is 13.9. The molecule has 0 spiro atoms. The Morgan fingerprint density at radius 2 is 1.88 bits per heavy atom. The van der Waals surface area contributed by atoms with Gasteiger partial charge in [-0.1, -0.05) is 18.2 Å². The second-order valence-electron chi connectivity index (χ2n) is 6.93. The van der Waals surface area contributed by atoms with Crippen molar-refractivity contribution in [3.8, 4) is 5.75 Å². The Hall–Kier alpha value is -2.53. The van der Waals surface area contributed by atoms with Gasteiger partial charge >= 0.3 is 0 Å². The van der Waals surface area contributed by atoms with Crippen LogP contribution in [0.25, 0.3) is 0 Å². The number of hydrogen-bond acceptors (Lipinski definition) is 4. The number of aryl methyl sites for hydroxylation is 1. The number of ether oxygens (including phenoxy) is 1. The lowest BCUT2D eigenvalue weighted by atomic mass is 9.98. The van der Waals surface area contributed by atoms with Crippen molar-refractivity contribution in [1.29, 1.82) is 0 Å². The average Bonchev–Trinajstić information content (AvgIpc) is 2.63. The lowest BCUT2D eigenvalue weighted by Crippen LogP contribution is -2.27. The van der Waals surface area contributed by atoms with Gasteiger partial charge in [0.1, 0.15) is 12.4 Å². The number of likely N-dealkylation sites (N-methyl/N-ethyl adjacent to an activating group) is 1. The number of carbonyl (C=O) groups is 1. The maximum Gasteiger partial charge on any atom is 0.224 e. The number of nitrogen functional groups attached to an aromatic ring is 1. The molecule has 0 bridgehead atoms. The highest BCUT2D eigenvalue weighted by Gasteiger charge is 2.20. The van der Waals surface area contributed by atoms with Gasteiger partial charge in [-0.15, -0.1) is 0 Å². The third kappa shape index (κ3) is 4.55. The van der Waals surface area contributed by atoms with Crippen LogP contribution in [0.2, 0.25) is 0 Å². The van der Waals surface area contributed by atoms with Crippen molar-refractivity contribution in [3.05, 3.63) is 53.1 Å². The quantitative estimate of drug-likeness (QED) is 0.751. The summed E-state index contributed by atoms with van der Waals surface area (Å²) in [7, 11) is 2.10. The third-order valence-electron chi connectivity index (χ3n) is 4.84. The molecule has 0 saturated heterocycles. The number of anilines is 2. The van der Waals surface area contributed by atoms with Gasteiger partial charge in [0.2, 0.25) is 5.91 Å². The van der Waals surface area contributed by atoms with Crippen molar-refractivity contribution >= 4 is 17.3 Å². The number of benzene rings is 2. The summed E-state index contributed by atoms with van der Waals surface area (Å²) in [5.74, 6) is 0.970. The molecule has 0 saturated carbocycles. The zero-order valence-electron chi connectivity index (χ0n) is 15.5. The minimum Gasteiger partial charge on any atom is -0.492 e. The largest absolute Gasteiger partial charge is 0.492 e. The molecule has 0 fully saturated rings. The van der Waals surface area contributed by atoms with Crippen LogP contribution in [-0.2, 0) is 17.6 Å². The summed E-state index contributed by atoms with van der Waals surface area (Å²) in [6.45, 7) is 4.46. The zero-order valence-corrected chi connectivity index (χ0v) is 15.5. The van der Waals surface area contributed by atoms with Crippen LogP contribution in [0.4, 0.5) is 11.4 Å². The molecule has 0 radical (unpaired) electrons. The third-order valence-corrected chi connectivity index (χ3v) is 4.84. The SMILES string of the molecule is Cc1ccc(OCCN(C)CCc2ccc(N)cc2)c2c1NC(=O)CC2. The first-order valence-corrected chi connectivity index (χ1v) is 9.11. The van der Waals surface area contributed by atoms with Gasteiger partial charge < -0.3 is 20.7 Å². The molecule has 1 heterocycles. The van der Waals surface area contributed by atoms with E-state index in [2.05, 4.69) is 29.4 Å². The molecule has 0 aliphatic carbocycles. The summed E-state index contributed by atoms with van der Waals surface area (Å²) in [6.07, 6.45) is 2.25. The molecule has 3 rings (SSSR count). The second-order valence-corrected chi connectivity index (χ2v) is 6.93. The Morgan fingerprint density at radius 1 is 1.12 bits per heavy atom. The Kier molecular flexibility index (Phi) is 5.78. The van der Waals surface area contributed by atoms with Crippen LogP contribution < -0.4 is 15.8 Å². The maximum absolute atomic E-state index is 11.6. The minimum absolute atomic E-state index is 0.0835. The molecule has 2 aromatic rings. The lowest BCUT2D eigenvalue weighted by Gasteiger charge is -2.23. The zero-order chi connectivity index (χ0) is 18.5. The maximum atomic E-state index is 11.6. The standard InChI is InChI=1S/C21H27N3O2/c1-15-3-9-19(18-8-10-20(25)23-21(15)18)26-14-13-24(2)12-11-16-4-6-17(22)7-5-16/h3-7,9H,8,10-14,22H2,1-2H3,(H,23,25). The summed E-state index contributed by atoms with van der Waals surface area (Å²) >= 11 is 0. The van der Waals surface area contributed by atoms with Gasteiger partial charge in [0.05, 0.1) is 5.69 Å². The molecule has 26 heavy (non-hydrogen) atoms. The van der Waals surface area contributed by atoms with E-state index in [0.717, 1.165) is 54.2 Å². The molecule has 2 aromatic carbocycles. The van der Waals surface area contributed by atoms with Crippen LogP contribution in [0.5, 0.6) is 5.75 Å². The highest BCUT2D eigenvalue weighted by Crippen LogP contribution is 2.33. The number of hydrogen-bond donors (Lipinski definition) is 2. The number of nitrogens with zero attached hydrogens (tertiary/aromatic N) is 1. The number of rotatable bonds is 7. The number of nitrogens with one attached hydrogen (secondary N) is 1. The fourth-order valence-corrected chi connectivity index (χ4v) is 3.17. The predicted molar refractivity (Wildman–Crippen MR) is 106 cm³/mol. The smallest absolute Gasteiger partial charge is 0.224 e. The fraction of sp³-hybridized carbons (Fsp3) is 0.381. The van der Waals surface area contributed by atoms with Gasteiger partial charge in [0.25, 0.3) is 0 Å². The molecule has 0 aromatic heterocycles. The predicted octanol–water partition coefficient (Wildman–Crippen LogP) is 3.02. The van der Waals surface area contributed by atoms with Crippen molar-refractivity contribution in [2.75, 3.05) is 37.8 Å². The summed E-state index contributed by atoms with van der Waals surface area (Å²) in [5.41, 5.74) is 10.9. The first-order chi connectivity index (χ1) is 12.5. The van der Waals surface area contributed by atoms with Crippen molar-refractivity contribution in [3.63, 3.8) is 0 Å². The van der Waals surface area contributed by atoms with Crippen molar-refractivity contribution in [1.82, 2.24) is 4.90 Å². The van der Waals surface area contributed by atoms with Crippen LogP contribution >= 0.6 is 0 Å². The molecular weight excluding hydrogens is 326 g/mol. The molecule has 1 amide bonds. The van der Waals surface area contributed by atoms with Gasteiger partial charge in [-0.05, 0) is 56.1 Å². The Balaban J connectivity index is 1.49. The van der Waals surface area contributed by atoms with Gasteiger partial charge in [0.15, 0.2) is 0 Å². The summed E-state index contributed by atoms with van der Waals surface area (Å²) < 4.78 is 6.02. The second kappa shape index (κ2) is 8.23. The molecule has 5 nitrogen and oxygen atoms in total. The normalized spacial score (nSPS) is 13.4. The average molecular weight is 353 g/mol. The van der Waals surface area contributed by atoms with Crippen molar-refractivity contribution < 1.29 is 9.53 Å². The van der Waals surface area contributed by atoms with Crippen LogP contribution in [0, 0.1) is 6.92 Å². The molecule has 1 aliphatic rings. The number of carbonyl (C=O) groups excluding carboxylic acids is 1. The lowest BCUT2D eigenvalue weighted by molar-refractivity contribution is -0.116. The van der Waals surface area contributed by atoms with E-state index in [1.807, 2.05) is 31.2 Å². The van der Waals surface area contributed by atoms with Crippen LogP contribution in [0.3, 0.4) is 0 Å². The van der Waals surface area contributed by atoms with Crippen molar-refractivity contribution in [2.24, 2.45) is 0 Å². The topological polar surface area (TPSA) is 67.6 Å². The van der Waals surface area contributed by atoms with Gasteiger partial charge in [-0.2, -0.15) is 0 Å². The van der Waals surface area contributed by atoms with E-state index in [4.69, 9.17) is 10.5 Å². The van der Waals surface area contributed by atoms with Gasteiger partial charge in [0, 0.05) is 30.8 Å². The molecule has 5 heteroatoms. The number of amides is 1. The highest BCUT2D eigenvalue weighted by atomic mass is 16.5. The van der Waals surface area contributed by atoms with Gasteiger partial charge in [-0.3, -0.25) is 4.79 Å². The summed E-state index contributed by atoms with van der Waals surface area (Å²) in [6, 6.07) is 12.1. The van der Waals surface area contributed by atoms with Crippen molar-refractivity contribution in [2.45, 2.75) is 26.2 Å². The molecule has 0 atom stereocenters. The van der Waals surface area contributed by atoms with E-state index in [9.17, 15) is 4.79 Å². The number of nitrogens with two attached hydrogens (primary N) is 1. The van der Waals surface area contributed by atoms with Gasteiger partial charge in [-0.25, -0.2) is 0 Å². The first-order valence-electron chi connectivity index (χ1n) is 9.11. The van der Waals surface area contributed by atoms with E-state index in [1.54, 1.807) is 0 Å². The van der Waals surface area contributed by atoms with Crippen LogP contribution in [0.15, 0.2) is 36.4 Å². The van der Waals surface area contributed by atoms with E-state index in [-0.39, 0.29) is 5.91 Å². The van der Waals surface area contributed by atoms with E-state index in [1.165, 1.54) is 5.56 Å². The summed E-state index contributed by atoms with van der Waals surface area (Å²) in [5, 5.41) is 2.97. The molecule has 1 aliphatic heterocycles.